The van der Waals surface area contributed by atoms with Gasteiger partial charge in [-0.2, -0.15) is 0 Å². The third-order valence-corrected chi connectivity index (χ3v) is 7.99. The molecular formula is C20H24FNO6S2. The summed E-state index contributed by atoms with van der Waals surface area (Å²) < 4.78 is 68.1. The number of nitrogens with zero attached hydrogens (tertiary/aromatic N) is 1. The minimum Gasteiger partial charge on any atom is -0.466 e. The number of ether oxygens (including phenoxy) is 1. The highest BCUT2D eigenvalue weighted by molar-refractivity contribution is 7.91. The van der Waals surface area contributed by atoms with E-state index < -0.39 is 31.6 Å². The molecule has 0 atom stereocenters. The Bertz CT molecular complexity index is 1040. The smallest absolute Gasteiger partial charge is 0.305 e. The predicted octanol–water partition coefficient (Wildman–Crippen LogP) is 2.63. The average molecular weight is 458 g/mol. The number of carbonyl (C=O) groups is 1. The fourth-order valence-electron chi connectivity index (χ4n) is 2.61. The van der Waals surface area contributed by atoms with E-state index in [1.54, 1.807) is 18.2 Å². The van der Waals surface area contributed by atoms with Crippen LogP contribution in [0.3, 0.4) is 0 Å². The Morgan fingerprint density at radius 2 is 1.57 bits per heavy atom. The van der Waals surface area contributed by atoms with Gasteiger partial charge in [-0.3, -0.25) is 4.79 Å². The van der Waals surface area contributed by atoms with Crippen molar-refractivity contribution in [1.82, 2.24) is 4.31 Å². The van der Waals surface area contributed by atoms with Crippen molar-refractivity contribution < 1.29 is 30.8 Å². The summed E-state index contributed by atoms with van der Waals surface area (Å²) in [5.41, 5.74) is 0. The second-order valence-electron chi connectivity index (χ2n) is 6.59. The summed E-state index contributed by atoms with van der Waals surface area (Å²) in [7, 11) is -5.82. The first-order valence-electron chi connectivity index (χ1n) is 9.28. The van der Waals surface area contributed by atoms with Crippen molar-refractivity contribution >= 4 is 25.8 Å². The summed E-state index contributed by atoms with van der Waals surface area (Å²) in [6.45, 7) is 0.0474. The zero-order valence-electron chi connectivity index (χ0n) is 16.5. The van der Waals surface area contributed by atoms with Crippen LogP contribution in [0.25, 0.3) is 0 Å². The molecule has 2 rings (SSSR count). The molecule has 0 aliphatic heterocycles. The van der Waals surface area contributed by atoms with Crippen molar-refractivity contribution in [2.45, 2.75) is 29.1 Å². The number of sulfone groups is 1. The first-order valence-corrected chi connectivity index (χ1v) is 12.4. The van der Waals surface area contributed by atoms with Crippen molar-refractivity contribution in [3.63, 3.8) is 0 Å². The summed E-state index contributed by atoms with van der Waals surface area (Å²) in [5.74, 6) is -1.20. The van der Waals surface area contributed by atoms with E-state index in [0.29, 0.717) is 0 Å². The second-order valence-corrected chi connectivity index (χ2v) is 10.7. The number of sulfonamides is 1. The lowest BCUT2D eigenvalue weighted by Crippen LogP contribution is -2.28. The number of carbonyl (C=O) groups excluding carboxylic acids is 1. The molecule has 7 nitrogen and oxygen atoms in total. The molecule has 0 N–H and O–H groups in total. The number of benzene rings is 2. The Morgan fingerprint density at radius 3 is 2.20 bits per heavy atom. The van der Waals surface area contributed by atoms with Gasteiger partial charge in [0.05, 0.1) is 22.2 Å². The fraction of sp³-hybridized carbons (Fsp3) is 0.350. The highest BCUT2D eigenvalue weighted by Gasteiger charge is 2.20. The highest BCUT2D eigenvalue weighted by atomic mass is 32.2. The largest absolute Gasteiger partial charge is 0.466 e. The van der Waals surface area contributed by atoms with Crippen molar-refractivity contribution in [1.29, 1.82) is 0 Å². The molecule has 0 aliphatic rings. The molecule has 0 fully saturated rings. The van der Waals surface area contributed by atoms with E-state index in [1.807, 2.05) is 0 Å². The maximum Gasteiger partial charge on any atom is 0.305 e. The topological polar surface area (TPSA) is 97.8 Å². The Morgan fingerprint density at radius 1 is 0.933 bits per heavy atom. The molecule has 0 aliphatic carbocycles. The SMILES string of the molecule is CN(CCCC(=O)OCCCS(=O)(=O)c1ccccc1)S(=O)(=O)c1ccc(F)cc1. The molecule has 30 heavy (non-hydrogen) atoms. The lowest BCUT2D eigenvalue weighted by Gasteiger charge is -2.17. The molecule has 0 radical (unpaired) electrons. The minimum atomic E-state index is -3.77. The van der Waals surface area contributed by atoms with Crippen LogP contribution in [0.1, 0.15) is 19.3 Å². The molecule has 10 heteroatoms. The summed E-state index contributed by atoms with van der Waals surface area (Å²) >= 11 is 0. The monoisotopic (exact) mass is 457 g/mol. The van der Waals surface area contributed by atoms with Crippen LogP contribution < -0.4 is 0 Å². The molecule has 0 unspecified atom stereocenters. The van der Waals surface area contributed by atoms with Crippen molar-refractivity contribution in [3.05, 3.63) is 60.4 Å². The van der Waals surface area contributed by atoms with Gasteiger partial charge in [-0.25, -0.2) is 25.5 Å². The number of rotatable bonds is 11. The van der Waals surface area contributed by atoms with Crippen LogP contribution in [0.4, 0.5) is 4.39 Å². The third-order valence-electron chi connectivity index (χ3n) is 4.30. The molecular weight excluding hydrogens is 433 g/mol. The van der Waals surface area contributed by atoms with Crippen LogP contribution in [0.2, 0.25) is 0 Å². The second kappa shape index (κ2) is 10.6. The van der Waals surface area contributed by atoms with Crippen LogP contribution in [0.15, 0.2) is 64.4 Å². The molecule has 0 saturated heterocycles. The van der Waals surface area contributed by atoms with E-state index in [-0.39, 0.29) is 48.0 Å². The van der Waals surface area contributed by atoms with Gasteiger partial charge in [-0.05, 0) is 49.2 Å². The Kier molecular flexibility index (Phi) is 8.51. The Hall–Kier alpha value is -2.30. The van der Waals surface area contributed by atoms with E-state index in [9.17, 15) is 26.0 Å². The molecule has 0 aromatic heterocycles. The normalized spacial score (nSPS) is 12.1. The van der Waals surface area contributed by atoms with Crippen LogP contribution >= 0.6 is 0 Å². The van der Waals surface area contributed by atoms with E-state index in [4.69, 9.17) is 4.74 Å². The van der Waals surface area contributed by atoms with E-state index in [1.165, 1.54) is 31.3 Å². The van der Waals surface area contributed by atoms with Gasteiger partial charge in [0.15, 0.2) is 9.84 Å². The van der Waals surface area contributed by atoms with E-state index in [2.05, 4.69) is 0 Å². The number of halogens is 1. The predicted molar refractivity (Wildman–Crippen MR) is 110 cm³/mol. The van der Waals surface area contributed by atoms with Crippen molar-refractivity contribution in [2.24, 2.45) is 0 Å². The average Bonchev–Trinajstić information content (AvgIpc) is 2.72. The van der Waals surface area contributed by atoms with E-state index >= 15 is 0 Å². The number of hydrogen-bond donors (Lipinski definition) is 0. The fourth-order valence-corrected chi connectivity index (χ4v) is 5.12. The molecule has 0 bridgehead atoms. The first-order chi connectivity index (χ1) is 14.1. The zero-order chi connectivity index (χ0) is 22.2. The van der Waals surface area contributed by atoms with Gasteiger partial charge < -0.3 is 4.74 Å². The maximum absolute atomic E-state index is 13.0. The van der Waals surface area contributed by atoms with Gasteiger partial charge in [0, 0.05) is 20.0 Å². The van der Waals surface area contributed by atoms with Gasteiger partial charge in [0.25, 0.3) is 0 Å². The molecule has 0 amide bonds. The van der Waals surface area contributed by atoms with Crippen LogP contribution in [-0.4, -0.2) is 53.1 Å². The summed E-state index contributed by atoms with van der Waals surface area (Å²) in [6, 6.07) is 12.5. The summed E-state index contributed by atoms with van der Waals surface area (Å²) in [4.78, 5) is 12.0. The van der Waals surface area contributed by atoms with Crippen molar-refractivity contribution in [2.75, 3.05) is 26.0 Å². The minimum absolute atomic E-state index is 0.00524. The highest BCUT2D eigenvalue weighted by Crippen LogP contribution is 2.15. The zero-order valence-corrected chi connectivity index (χ0v) is 18.2. The Balaban J connectivity index is 1.70. The van der Waals surface area contributed by atoms with Gasteiger partial charge in [0.1, 0.15) is 5.82 Å². The first kappa shape index (κ1) is 24.0. The lowest BCUT2D eigenvalue weighted by molar-refractivity contribution is -0.143. The summed E-state index contributed by atoms with van der Waals surface area (Å²) in [5, 5.41) is 0. The van der Waals surface area contributed by atoms with Gasteiger partial charge >= 0.3 is 5.97 Å². The van der Waals surface area contributed by atoms with Gasteiger partial charge in [0.2, 0.25) is 10.0 Å². The molecule has 0 saturated carbocycles. The molecule has 0 spiro atoms. The van der Waals surface area contributed by atoms with Crippen LogP contribution in [0, 0.1) is 5.82 Å². The number of esters is 1. The third kappa shape index (κ3) is 6.89. The maximum atomic E-state index is 13.0. The number of hydrogen-bond acceptors (Lipinski definition) is 6. The molecule has 2 aromatic rings. The molecule has 0 heterocycles. The lowest BCUT2D eigenvalue weighted by atomic mass is 10.3. The summed E-state index contributed by atoms with van der Waals surface area (Å²) in [6.07, 6.45) is 0.397. The van der Waals surface area contributed by atoms with Gasteiger partial charge in [-0.1, -0.05) is 18.2 Å². The quantitative estimate of drug-likeness (QED) is 0.380. The molecule has 2 aromatic carbocycles. The van der Waals surface area contributed by atoms with Crippen LogP contribution in [-0.2, 0) is 29.4 Å². The molecule has 164 valence electrons. The van der Waals surface area contributed by atoms with Gasteiger partial charge in [-0.15, -0.1) is 0 Å². The van der Waals surface area contributed by atoms with Crippen molar-refractivity contribution in [3.8, 4) is 0 Å². The standard InChI is InChI=1S/C20H24FNO6S2/c1-22(30(26,27)19-12-10-17(21)11-13-19)14-5-9-20(23)28-15-6-16-29(24,25)18-7-3-2-4-8-18/h2-4,7-8,10-13H,5-6,9,14-16H2,1H3. The Labute approximate surface area is 176 Å². The van der Waals surface area contributed by atoms with Crippen LogP contribution in [0.5, 0.6) is 0 Å². The van der Waals surface area contributed by atoms with E-state index in [0.717, 1.165) is 16.4 Å².